The van der Waals surface area contributed by atoms with E-state index in [0.29, 0.717) is 10.2 Å². The minimum atomic E-state index is -0.342. The summed E-state index contributed by atoms with van der Waals surface area (Å²) in [5.74, 6) is 6.05. The van der Waals surface area contributed by atoms with Crippen LogP contribution < -0.4 is 16.0 Å². The Kier molecular flexibility index (Phi) is 5.33. The van der Waals surface area contributed by atoms with Gasteiger partial charge in [-0.25, -0.2) is 9.82 Å². The molecule has 2 aromatic rings. The highest BCUT2D eigenvalue weighted by Crippen LogP contribution is 2.31. The van der Waals surface area contributed by atoms with E-state index in [1.54, 1.807) is 25.4 Å². The van der Waals surface area contributed by atoms with Crippen molar-refractivity contribution in [3.63, 3.8) is 0 Å². The fourth-order valence-electron chi connectivity index (χ4n) is 2.24. The van der Waals surface area contributed by atoms with Crippen molar-refractivity contribution in [2.45, 2.75) is 25.9 Å². The van der Waals surface area contributed by atoms with Crippen LogP contribution in [0.25, 0.3) is 0 Å². The molecule has 0 amide bonds. The van der Waals surface area contributed by atoms with Crippen LogP contribution in [0.5, 0.6) is 5.75 Å². The van der Waals surface area contributed by atoms with Gasteiger partial charge in [-0.15, -0.1) is 0 Å². The molecule has 21 heavy (non-hydrogen) atoms. The lowest BCUT2D eigenvalue weighted by Gasteiger charge is -2.19. The van der Waals surface area contributed by atoms with Gasteiger partial charge in [0.2, 0.25) is 0 Å². The standard InChI is InChI=1S/C14H18BrFN4O/c1-3-6-20-14(12(21-2)8-18-20)13(19-17)9-4-5-11(16)10(15)7-9/h4-5,7-8,13,19H,3,6,17H2,1-2H3. The summed E-state index contributed by atoms with van der Waals surface area (Å²) in [6, 6.07) is 4.44. The van der Waals surface area contributed by atoms with Gasteiger partial charge < -0.3 is 4.74 Å². The highest BCUT2D eigenvalue weighted by molar-refractivity contribution is 9.10. The smallest absolute Gasteiger partial charge is 0.161 e. The summed E-state index contributed by atoms with van der Waals surface area (Å²) in [5, 5.41) is 4.32. The molecule has 0 saturated heterocycles. The number of hydrogen-bond acceptors (Lipinski definition) is 4. The van der Waals surface area contributed by atoms with Crippen LogP contribution in [-0.4, -0.2) is 16.9 Å². The molecule has 0 saturated carbocycles. The number of hydrazine groups is 1. The summed E-state index contributed by atoms with van der Waals surface area (Å²) in [7, 11) is 1.59. The lowest BCUT2D eigenvalue weighted by Crippen LogP contribution is -2.31. The monoisotopic (exact) mass is 356 g/mol. The molecule has 1 atom stereocenters. The van der Waals surface area contributed by atoms with Crippen LogP contribution in [0.3, 0.4) is 0 Å². The number of nitrogens with two attached hydrogens (primary N) is 1. The summed E-state index contributed by atoms with van der Waals surface area (Å²) in [4.78, 5) is 0. The Bertz CT molecular complexity index is 617. The van der Waals surface area contributed by atoms with Crippen molar-refractivity contribution in [1.29, 1.82) is 0 Å². The molecule has 5 nitrogen and oxygen atoms in total. The predicted octanol–water partition coefficient (Wildman–Crippen LogP) is 2.76. The second kappa shape index (κ2) is 7.02. The molecule has 114 valence electrons. The van der Waals surface area contributed by atoms with Gasteiger partial charge in [-0.3, -0.25) is 10.5 Å². The molecule has 7 heteroatoms. The summed E-state index contributed by atoms with van der Waals surface area (Å²) in [6.07, 6.45) is 2.59. The van der Waals surface area contributed by atoms with Crippen molar-refractivity contribution in [1.82, 2.24) is 15.2 Å². The van der Waals surface area contributed by atoms with Gasteiger partial charge in [0, 0.05) is 6.54 Å². The third kappa shape index (κ3) is 3.25. The van der Waals surface area contributed by atoms with Crippen LogP contribution in [-0.2, 0) is 6.54 Å². The van der Waals surface area contributed by atoms with Gasteiger partial charge in [-0.1, -0.05) is 13.0 Å². The van der Waals surface area contributed by atoms with Gasteiger partial charge in [0.05, 0.1) is 23.8 Å². The molecule has 0 fully saturated rings. The number of aryl methyl sites for hydroxylation is 1. The number of halogens is 2. The molecule has 0 radical (unpaired) electrons. The normalized spacial score (nSPS) is 12.4. The van der Waals surface area contributed by atoms with E-state index in [-0.39, 0.29) is 11.9 Å². The Morgan fingerprint density at radius 3 is 2.86 bits per heavy atom. The number of hydrogen-bond donors (Lipinski definition) is 2. The third-order valence-corrected chi connectivity index (χ3v) is 3.83. The van der Waals surface area contributed by atoms with E-state index in [1.807, 2.05) is 4.68 Å². The number of aromatic nitrogens is 2. The minimum absolute atomic E-state index is 0.316. The number of methoxy groups -OCH3 is 1. The van der Waals surface area contributed by atoms with Crippen molar-refractivity contribution < 1.29 is 9.13 Å². The van der Waals surface area contributed by atoms with Crippen molar-refractivity contribution in [3.8, 4) is 5.75 Å². The SMILES string of the molecule is CCCn1ncc(OC)c1C(NN)c1ccc(F)c(Br)c1. The van der Waals surface area contributed by atoms with Crippen molar-refractivity contribution in [2.24, 2.45) is 5.84 Å². The molecular weight excluding hydrogens is 339 g/mol. The molecule has 0 spiro atoms. The van der Waals surface area contributed by atoms with Crippen molar-refractivity contribution in [2.75, 3.05) is 7.11 Å². The first-order chi connectivity index (χ1) is 10.1. The van der Waals surface area contributed by atoms with E-state index < -0.39 is 0 Å². The summed E-state index contributed by atoms with van der Waals surface area (Å²) >= 11 is 3.19. The highest BCUT2D eigenvalue weighted by Gasteiger charge is 2.23. The fourth-order valence-corrected chi connectivity index (χ4v) is 2.64. The van der Waals surface area contributed by atoms with Gasteiger partial charge in [0.25, 0.3) is 0 Å². The largest absolute Gasteiger partial charge is 0.493 e. The lowest BCUT2D eigenvalue weighted by atomic mass is 10.0. The van der Waals surface area contributed by atoms with E-state index in [1.165, 1.54) is 6.07 Å². The minimum Gasteiger partial charge on any atom is -0.493 e. The topological polar surface area (TPSA) is 65.1 Å². The molecule has 2 rings (SSSR count). The summed E-state index contributed by atoms with van der Waals surface area (Å²) in [5.41, 5.74) is 4.40. The summed E-state index contributed by atoms with van der Waals surface area (Å²) < 4.78 is 21.0. The van der Waals surface area contributed by atoms with Crippen LogP contribution in [0.4, 0.5) is 4.39 Å². The van der Waals surface area contributed by atoms with Gasteiger partial charge in [-0.2, -0.15) is 5.10 Å². The van der Waals surface area contributed by atoms with E-state index in [2.05, 4.69) is 33.4 Å². The maximum absolute atomic E-state index is 13.4. The Labute approximate surface area is 131 Å². The van der Waals surface area contributed by atoms with E-state index in [9.17, 15) is 4.39 Å². The maximum Gasteiger partial charge on any atom is 0.161 e. The molecule has 0 aliphatic carbocycles. The van der Waals surface area contributed by atoms with E-state index >= 15 is 0 Å². The van der Waals surface area contributed by atoms with E-state index in [4.69, 9.17) is 10.6 Å². The predicted molar refractivity (Wildman–Crippen MR) is 82.3 cm³/mol. The number of rotatable bonds is 6. The van der Waals surface area contributed by atoms with E-state index in [0.717, 1.165) is 24.2 Å². The maximum atomic E-state index is 13.4. The number of benzene rings is 1. The quantitative estimate of drug-likeness (QED) is 0.616. The summed E-state index contributed by atoms with van der Waals surface area (Å²) in [6.45, 7) is 2.82. The second-order valence-electron chi connectivity index (χ2n) is 4.59. The molecule has 1 unspecified atom stereocenters. The Morgan fingerprint density at radius 2 is 2.29 bits per heavy atom. The fraction of sp³-hybridized carbons (Fsp3) is 0.357. The molecule has 0 aliphatic rings. The van der Waals surface area contributed by atoms with Crippen LogP contribution in [0.15, 0.2) is 28.9 Å². The first-order valence-corrected chi connectivity index (χ1v) is 7.42. The Hall–Kier alpha value is -1.44. The van der Waals surface area contributed by atoms with Gasteiger partial charge in [0.15, 0.2) is 5.75 Å². The molecule has 3 N–H and O–H groups in total. The van der Waals surface area contributed by atoms with Crippen LogP contribution in [0, 0.1) is 5.82 Å². The first-order valence-electron chi connectivity index (χ1n) is 6.63. The Morgan fingerprint density at radius 1 is 1.52 bits per heavy atom. The highest BCUT2D eigenvalue weighted by atomic mass is 79.9. The number of nitrogens with one attached hydrogen (secondary N) is 1. The van der Waals surface area contributed by atoms with Gasteiger partial charge in [-0.05, 0) is 40.0 Å². The zero-order valence-electron chi connectivity index (χ0n) is 11.9. The molecular formula is C14H18BrFN4O. The lowest BCUT2D eigenvalue weighted by molar-refractivity contribution is 0.398. The van der Waals surface area contributed by atoms with Crippen molar-refractivity contribution in [3.05, 3.63) is 45.9 Å². The molecule has 1 aromatic heterocycles. The molecule has 0 bridgehead atoms. The van der Waals surface area contributed by atoms with Gasteiger partial charge in [0.1, 0.15) is 11.5 Å². The molecule has 0 aliphatic heterocycles. The van der Waals surface area contributed by atoms with Crippen LogP contribution in [0.1, 0.15) is 30.6 Å². The Balaban J connectivity index is 2.49. The molecule has 1 aromatic carbocycles. The zero-order valence-corrected chi connectivity index (χ0v) is 13.5. The third-order valence-electron chi connectivity index (χ3n) is 3.22. The van der Waals surface area contributed by atoms with Gasteiger partial charge >= 0.3 is 0 Å². The molecule has 1 heterocycles. The zero-order chi connectivity index (χ0) is 15.4. The number of nitrogens with zero attached hydrogens (tertiary/aromatic N) is 2. The first kappa shape index (κ1) is 15.9. The average molecular weight is 357 g/mol. The van der Waals surface area contributed by atoms with Crippen molar-refractivity contribution >= 4 is 15.9 Å². The average Bonchev–Trinajstić information content (AvgIpc) is 2.87. The number of ether oxygens (including phenoxy) is 1. The van der Waals surface area contributed by atoms with Crippen LogP contribution in [0.2, 0.25) is 0 Å². The van der Waals surface area contributed by atoms with Crippen LogP contribution >= 0.6 is 15.9 Å². The second-order valence-corrected chi connectivity index (χ2v) is 5.45.